The second kappa shape index (κ2) is 6.45. The van der Waals surface area contributed by atoms with Crippen molar-refractivity contribution in [3.63, 3.8) is 0 Å². The molecule has 3 aromatic heterocycles. The lowest BCUT2D eigenvalue weighted by Crippen LogP contribution is -2.04. The highest BCUT2D eigenvalue weighted by molar-refractivity contribution is 5.92. The lowest BCUT2D eigenvalue weighted by atomic mass is 9.84. The van der Waals surface area contributed by atoms with Gasteiger partial charge in [-0.2, -0.15) is 5.10 Å². The van der Waals surface area contributed by atoms with Crippen molar-refractivity contribution in [3.05, 3.63) is 60.6 Å². The van der Waals surface area contributed by atoms with Crippen molar-refractivity contribution in [2.45, 2.75) is 38.0 Å². The molecule has 130 valence electrons. The van der Waals surface area contributed by atoms with Crippen LogP contribution in [0.4, 0.5) is 0 Å². The molecule has 0 amide bonds. The molecular formula is C22H21N3O. The van der Waals surface area contributed by atoms with E-state index in [1.807, 2.05) is 24.6 Å². The number of hydrogen-bond acceptors (Lipinski definition) is 3. The number of aromatic nitrogens is 3. The Balaban J connectivity index is 1.51. The van der Waals surface area contributed by atoms with Gasteiger partial charge in [0.25, 0.3) is 0 Å². The maximum absolute atomic E-state index is 5.74. The molecule has 3 heterocycles. The predicted octanol–water partition coefficient (Wildman–Crippen LogP) is 5.93. The van der Waals surface area contributed by atoms with Gasteiger partial charge in [-0.15, -0.1) is 0 Å². The van der Waals surface area contributed by atoms with Gasteiger partial charge in [0.15, 0.2) is 5.58 Å². The number of hydrogen-bond donors (Lipinski definition) is 1. The Morgan fingerprint density at radius 2 is 1.77 bits per heavy atom. The summed E-state index contributed by atoms with van der Waals surface area (Å²) in [6.45, 7) is 0. The van der Waals surface area contributed by atoms with Crippen LogP contribution in [-0.4, -0.2) is 15.2 Å². The molecule has 1 aromatic carbocycles. The molecule has 0 saturated heterocycles. The molecule has 0 spiro atoms. The van der Waals surface area contributed by atoms with Gasteiger partial charge in [0.05, 0.1) is 11.9 Å². The number of nitrogens with one attached hydrogen (secondary N) is 1. The first-order valence-electron chi connectivity index (χ1n) is 9.36. The van der Waals surface area contributed by atoms with E-state index in [9.17, 15) is 0 Å². The average molecular weight is 343 g/mol. The SMILES string of the molecule is c1n[nH]cc1-c1ccc2occ(-c3ccc(C4CCCCC4)cc3)c2n1. The van der Waals surface area contributed by atoms with E-state index in [4.69, 9.17) is 9.40 Å². The Labute approximate surface area is 152 Å². The van der Waals surface area contributed by atoms with Gasteiger partial charge in [0.1, 0.15) is 11.8 Å². The summed E-state index contributed by atoms with van der Waals surface area (Å²) >= 11 is 0. The van der Waals surface area contributed by atoms with E-state index in [2.05, 4.69) is 34.5 Å². The molecular weight excluding hydrogens is 322 g/mol. The van der Waals surface area contributed by atoms with Crippen LogP contribution in [0.3, 0.4) is 0 Å². The number of pyridine rings is 1. The fourth-order valence-electron chi connectivity index (χ4n) is 4.04. The van der Waals surface area contributed by atoms with Crippen LogP contribution in [0.15, 0.2) is 59.5 Å². The molecule has 0 atom stereocenters. The van der Waals surface area contributed by atoms with Crippen molar-refractivity contribution in [1.82, 2.24) is 15.2 Å². The molecule has 1 fully saturated rings. The maximum Gasteiger partial charge on any atom is 0.153 e. The zero-order valence-electron chi connectivity index (χ0n) is 14.6. The zero-order chi connectivity index (χ0) is 17.3. The second-order valence-corrected chi connectivity index (χ2v) is 7.14. The minimum atomic E-state index is 0.727. The number of nitrogens with zero attached hydrogens (tertiary/aromatic N) is 2. The molecule has 0 radical (unpaired) electrons. The summed E-state index contributed by atoms with van der Waals surface area (Å²) in [4.78, 5) is 4.81. The first-order chi connectivity index (χ1) is 12.9. The van der Waals surface area contributed by atoms with Crippen LogP contribution < -0.4 is 0 Å². The van der Waals surface area contributed by atoms with Crippen LogP contribution in [0, 0.1) is 0 Å². The fraction of sp³-hybridized carbons (Fsp3) is 0.273. The van der Waals surface area contributed by atoms with E-state index in [-0.39, 0.29) is 0 Å². The molecule has 5 rings (SSSR count). The van der Waals surface area contributed by atoms with E-state index in [0.29, 0.717) is 0 Å². The van der Waals surface area contributed by atoms with Gasteiger partial charge in [0.2, 0.25) is 0 Å². The maximum atomic E-state index is 5.74. The Bertz CT molecular complexity index is 1010. The first kappa shape index (κ1) is 15.4. The lowest BCUT2D eigenvalue weighted by Gasteiger charge is -2.22. The Hall–Kier alpha value is -2.88. The summed E-state index contributed by atoms with van der Waals surface area (Å²) in [5, 5.41) is 6.85. The minimum Gasteiger partial charge on any atom is -0.462 e. The summed E-state index contributed by atoms with van der Waals surface area (Å²) in [5.74, 6) is 0.727. The van der Waals surface area contributed by atoms with Crippen LogP contribution >= 0.6 is 0 Å². The smallest absolute Gasteiger partial charge is 0.153 e. The molecule has 1 aliphatic carbocycles. The van der Waals surface area contributed by atoms with Gasteiger partial charge in [-0.05, 0) is 42.0 Å². The highest BCUT2D eigenvalue weighted by Crippen LogP contribution is 2.35. The Kier molecular flexibility index (Phi) is 3.81. The standard InChI is InChI=1S/C22H21N3O/c1-2-4-15(5-3-1)16-6-8-17(9-7-16)19-14-26-21-11-10-20(25-22(19)21)18-12-23-24-13-18/h6-15H,1-5H2,(H,23,24). The van der Waals surface area contributed by atoms with Crippen molar-refractivity contribution in [1.29, 1.82) is 0 Å². The number of fused-ring (bicyclic) bond motifs is 1. The van der Waals surface area contributed by atoms with E-state index in [0.717, 1.165) is 39.4 Å². The van der Waals surface area contributed by atoms with Crippen molar-refractivity contribution < 1.29 is 4.42 Å². The number of rotatable bonds is 3. The van der Waals surface area contributed by atoms with Crippen LogP contribution in [-0.2, 0) is 0 Å². The van der Waals surface area contributed by atoms with E-state index < -0.39 is 0 Å². The van der Waals surface area contributed by atoms with E-state index in [1.54, 1.807) is 6.20 Å². The summed E-state index contributed by atoms with van der Waals surface area (Å²) in [6.07, 6.45) is 12.2. The third-order valence-corrected chi connectivity index (χ3v) is 5.51. The molecule has 0 bridgehead atoms. The zero-order valence-corrected chi connectivity index (χ0v) is 14.6. The third kappa shape index (κ3) is 2.71. The number of benzene rings is 1. The van der Waals surface area contributed by atoms with Gasteiger partial charge < -0.3 is 4.42 Å². The van der Waals surface area contributed by atoms with Gasteiger partial charge in [-0.25, -0.2) is 4.98 Å². The molecule has 0 aliphatic heterocycles. The quantitative estimate of drug-likeness (QED) is 0.501. The largest absolute Gasteiger partial charge is 0.462 e. The average Bonchev–Trinajstić information content (AvgIpc) is 3.38. The summed E-state index contributed by atoms with van der Waals surface area (Å²) in [7, 11) is 0. The summed E-state index contributed by atoms with van der Waals surface area (Å²) < 4.78 is 5.74. The number of furan rings is 1. The minimum absolute atomic E-state index is 0.727. The van der Waals surface area contributed by atoms with Crippen LogP contribution in [0.2, 0.25) is 0 Å². The summed E-state index contributed by atoms with van der Waals surface area (Å²) in [5.41, 5.74) is 7.24. The Morgan fingerprint density at radius 3 is 2.54 bits per heavy atom. The van der Waals surface area contributed by atoms with Crippen LogP contribution in [0.1, 0.15) is 43.6 Å². The van der Waals surface area contributed by atoms with Gasteiger partial charge in [-0.1, -0.05) is 43.5 Å². The number of H-pyrrole nitrogens is 1. The molecule has 1 saturated carbocycles. The van der Waals surface area contributed by atoms with Crippen molar-refractivity contribution in [2.75, 3.05) is 0 Å². The van der Waals surface area contributed by atoms with Gasteiger partial charge in [0, 0.05) is 17.3 Å². The fourth-order valence-corrected chi connectivity index (χ4v) is 4.04. The molecule has 4 heteroatoms. The summed E-state index contributed by atoms with van der Waals surface area (Å²) in [6, 6.07) is 12.9. The van der Waals surface area contributed by atoms with Crippen LogP contribution in [0.25, 0.3) is 33.5 Å². The van der Waals surface area contributed by atoms with Crippen molar-refractivity contribution in [3.8, 4) is 22.4 Å². The molecule has 4 aromatic rings. The van der Waals surface area contributed by atoms with Crippen molar-refractivity contribution in [2.24, 2.45) is 0 Å². The van der Waals surface area contributed by atoms with Gasteiger partial charge in [-0.3, -0.25) is 5.10 Å². The first-order valence-corrected chi connectivity index (χ1v) is 9.36. The molecule has 0 unspecified atom stereocenters. The lowest BCUT2D eigenvalue weighted by molar-refractivity contribution is 0.443. The second-order valence-electron chi connectivity index (χ2n) is 7.14. The molecule has 1 N–H and O–H groups in total. The third-order valence-electron chi connectivity index (χ3n) is 5.51. The van der Waals surface area contributed by atoms with E-state index in [1.165, 1.54) is 37.7 Å². The van der Waals surface area contributed by atoms with E-state index >= 15 is 0 Å². The van der Waals surface area contributed by atoms with Gasteiger partial charge >= 0.3 is 0 Å². The molecule has 26 heavy (non-hydrogen) atoms. The molecule has 4 nitrogen and oxygen atoms in total. The monoisotopic (exact) mass is 343 g/mol. The highest BCUT2D eigenvalue weighted by atomic mass is 16.3. The predicted molar refractivity (Wildman–Crippen MR) is 103 cm³/mol. The van der Waals surface area contributed by atoms with Crippen molar-refractivity contribution >= 4 is 11.1 Å². The van der Waals surface area contributed by atoms with Crippen LogP contribution in [0.5, 0.6) is 0 Å². The topological polar surface area (TPSA) is 54.7 Å². The normalized spacial score (nSPS) is 15.5. The molecule has 1 aliphatic rings. The highest BCUT2D eigenvalue weighted by Gasteiger charge is 2.16. The Morgan fingerprint density at radius 1 is 0.923 bits per heavy atom. The number of aromatic amines is 1.